The van der Waals surface area contributed by atoms with Crippen molar-refractivity contribution in [1.29, 1.82) is 0 Å². The second-order valence-electron chi connectivity index (χ2n) is 3.38. The molecule has 0 aliphatic carbocycles. The van der Waals surface area contributed by atoms with Crippen LogP contribution in [0.1, 0.15) is 0 Å². The molecule has 1 aromatic rings. The lowest BCUT2D eigenvalue weighted by molar-refractivity contribution is 0.185. The highest BCUT2D eigenvalue weighted by molar-refractivity contribution is 7.89. The fourth-order valence-corrected chi connectivity index (χ4v) is 3.96. The molecular weight excluding hydrogens is 325 g/mol. The average molecular weight is 335 g/mol. The zero-order chi connectivity index (χ0) is 13.9. The van der Waals surface area contributed by atoms with E-state index in [1.807, 2.05) is 0 Å². The quantitative estimate of drug-likeness (QED) is 0.757. The number of hydrogen-bond donors (Lipinski definition) is 3. The van der Waals surface area contributed by atoms with Crippen molar-refractivity contribution in [3.05, 3.63) is 27.2 Å². The first kappa shape index (κ1) is 16.0. The summed E-state index contributed by atoms with van der Waals surface area (Å²) in [6.07, 6.45) is 0. The number of benzene rings is 1. The van der Waals surface area contributed by atoms with Gasteiger partial charge in [-0.2, -0.15) is 0 Å². The Balaban J connectivity index is 3.21. The van der Waals surface area contributed by atoms with Crippen LogP contribution in [0.2, 0.25) is 15.1 Å². The Morgan fingerprint density at radius 3 is 1.94 bits per heavy atom. The highest BCUT2D eigenvalue weighted by atomic mass is 35.5. The molecule has 9 heteroatoms. The van der Waals surface area contributed by atoms with Gasteiger partial charge in [0.25, 0.3) is 0 Å². The molecule has 1 rings (SSSR count). The minimum Gasteiger partial charge on any atom is -0.395 e. The van der Waals surface area contributed by atoms with E-state index in [-0.39, 0.29) is 20.0 Å². The second-order valence-corrected chi connectivity index (χ2v) is 6.28. The van der Waals surface area contributed by atoms with Crippen LogP contribution in [-0.4, -0.2) is 37.9 Å². The van der Waals surface area contributed by atoms with Crippen LogP contribution < -0.4 is 4.72 Å². The number of aliphatic hydroxyl groups excluding tert-OH is 2. The third-order valence-electron chi connectivity index (χ3n) is 1.99. The summed E-state index contributed by atoms with van der Waals surface area (Å²) in [6.45, 7) is -1.11. The molecule has 0 radical (unpaired) electrons. The van der Waals surface area contributed by atoms with Gasteiger partial charge in [0.05, 0.1) is 29.3 Å². The maximum atomic E-state index is 12.0. The van der Waals surface area contributed by atoms with Crippen molar-refractivity contribution in [2.75, 3.05) is 13.2 Å². The maximum Gasteiger partial charge on any atom is 0.243 e. The number of nitrogens with one attached hydrogen (secondary N) is 1. The van der Waals surface area contributed by atoms with Crippen molar-refractivity contribution in [2.24, 2.45) is 0 Å². The first-order chi connectivity index (χ1) is 8.31. The highest BCUT2D eigenvalue weighted by Gasteiger charge is 2.25. The average Bonchev–Trinajstić information content (AvgIpc) is 2.23. The summed E-state index contributed by atoms with van der Waals surface area (Å²) < 4.78 is 26.0. The molecule has 0 aliphatic rings. The fourth-order valence-electron chi connectivity index (χ4n) is 1.20. The van der Waals surface area contributed by atoms with Crippen LogP contribution in [0, 0.1) is 0 Å². The second kappa shape index (κ2) is 6.38. The van der Waals surface area contributed by atoms with Gasteiger partial charge < -0.3 is 10.2 Å². The Kier molecular flexibility index (Phi) is 5.67. The summed E-state index contributed by atoms with van der Waals surface area (Å²) in [5, 5.41) is 17.6. The first-order valence-electron chi connectivity index (χ1n) is 4.70. The molecule has 1 aromatic carbocycles. The van der Waals surface area contributed by atoms with E-state index in [9.17, 15) is 8.42 Å². The van der Waals surface area contributed by atoms with Crippen molar-refractivity contribution in [2.45, 2.75) is 10.9 Å². The minimum atomic E-state index is -4.05. The molecule has 5 nitrogen and oxygen atoms in total. The molecule has 0 atom stereocenters. The molecule has 0 heterocycles. The summed E-state index contributed by atoms with van der Waals surface area (Å²) in [5.41, 5.74) is 0. The van der Waals surface area contributed by atoms with Gasteiger partial charge in [-0.1, -0.05) is 34.8 Å². The van der Waals surface area contributed by atoms with Crippen LogP contribution in [0.25, 0.3) is 0 Å². The van der Waals surface area contributed by atoms with E-state index < -0.39 is 29.3 Å². The predicted molar refractivity (Wildman–Crippen MR) is 69.8 cm³/mol. The van der Waals surface area contributed by atoms with Crippen molar-refractivity contribution in [3.63, 3.8) is 0 Å². The molecule has 18 heavy (non-hydrogen) atoms. The largest absolute Gasteiger partial charge is 0.395 e. The smallest absolute Gasteiger partial charge is 0.243 e. The molecule has 0 fully saturated rings. The number of rotatable bonds is 5. The summed E-state index contributed by atoms with van der Waals surface area (Å²) >= 11 is 17.2. The van der Waals surface area contributed by atoms with Crippen LogP contribution in [0.3, 0.4) is 0 Å². The summed E-state index contributed by atoms with van der Waals surface area (Å²) in [6, 6.07) is 1.44. The lowest BCUT2D eigenvalue weighted by atomic mass is 10.4. The molecule has 0 saturated carbocycles. The number of sulfonamides is 1. The van der Waals surface area contributed by atoms with Gasteiger partial charge in [0.2, 0.25) is 10.0 Å². The summed E-state index contributed by atoms with van der Waals surface area (Å²) in [5.74, 6) is 0. The molecule has 0 spiro atoms. The van der Waals surface area contributed by atoms with Crippen molar-refractivity contribution >= 4 is 44.8 Å². The van der Waals surface area contributed by atoms with Crippen molar-refractivity contribution in [3.8, 4) is 0 Å². The van der Waals surface area contributed by atoms with E-state index in [1.165, 1.54) is 12.1 Å². The Morgan fingerprint density at radius 2 is 1.56 bits per heavy atom. The molecule has 3 N–H and O–H groups in total. The van der Waals surface area contributed by atoms with Crippen LogP contribution in [0.15, 0.2) is 17.0 Å². The normalized spacial score (nSPS) is 12.1. The van der Waals surface area contributed by atoms with Gasteiger partial charge in [-0.05, 0) is 12.1 Å². The van der Waals surface area contributed by atoms with Crippen molar-refractivity contribution < 1.29 is 18.6 Å². The molecule has 0 saturated heterocycles. The lowest BCUT2D eigenvalue weighted by Gasteiger charge is -2.15. The van der Waals surface area contributed by atoms with E-state index in [0.29, 0.717) is 0 Å². The standard InChI is InChI=1S/C9H10Cl3NO4S/c10-5-1-7(11)9(8(12)2-5)18(16,17)13-6(3-14)4-15/h1-2,6,13-15H,3-4H2. The monoisotopic (exact) mass is 333 g/mol. The third-order valence-corrected chi connectivity index (χ3v) is 4.65. The van der Waals surface area contributed by atoms with Crippen LogP contribution in [0.5, 0.6) is 0 Å². The van der Waals surface area contributed by atoms with Gasteiger partial charge in [0.1, 0.15) is 4.90 Å². The zero-order valence-corrected chi connectivity index (χ0v) is 12.0. The van der Waals surface area contributed by atoms with E-state index in [2.05, 4.69) is 4.72 Å². The van der Waals surface area contributed by atoms with Gasteiger partial charge in [0.15, 0.2) is 0 Å². The Bertz CT molecular complexity index is 508. The third kappa shape index (κ3) is 3.71. The first-order valence-corrected chi connectivity index (χ1v) is 7.32. The van der Waals surface area contributed by atoms with Crippen LogP contribution in [0.4, 0.5) is 0 Å². The minimum absolute atomic E-state index is 0.144. The topological polar surface area (TPSA) is 86.6 Å². The highest BCUT2D eigenvalue weighted by Crippen LogP contribution is 2.32. The Morgan fingerprint density at radius 1 is 1.11 bits per heavy atom. The van der Waals surface area contributed by atoms with Gasteiger partial charge >= 0.3 is 0 Å². The molecule has 0 bridgehead atoms. The van der Waals surface area contributed by atoms with Crippen LogP contribution in [-0.2, 0) is 10.0 Å². The predicted octanol–water partition coefficient (Wildman–Crippen LogP) is 1.28. The lowest BCUT2D eigenvalue weighted by Crippen LogP contribution is -2.40. The van der Waals surface area contributed by atoms with Gasteiger partial charge in [-0.3, -0.25) is 0 Å². The van der Waals surface area contributed by atoms with E-state index in [4.69, 9.17) is 45.0 Å². The molecule has 0 aliphatic heterocycles. The zero-order valence-electron chi connectivity index (χ0n) is 8.90. The summed E-state index contributed by atoms with van der Waals surface area (Å²) in [7, 11) is -4.05. The number of aliphatic hydroxyl groups is 2. The SMILES string of the molecule is O=S(=O)(NC(CO)CO)c1c(Cl)cc(Cl)cc1Cl. The van der Waals surface area contributed by atoms with E-state index in [1.54, 1.807) is 0 Å². The maximum absolute atomic E-state index is 12.0. The molecule has 0 aromatic heterocycles. The molecular formula is C9H10Cl3NO4S. The molecule has 0 amide bonds. The number of hydrogen-bond acceptors (Lipinski definition) is 4. The van der Waals surface area contributed by atoms with E-state index >= 15 is 0 Å². The summed E-state index contributed by atoms with van der Waals surface area (Å²) in [4.78, 5) is -0.345. The van der Waals surface area contributed by atoms with Gasteiger partial charge in [-0.15, -0.1) is 0 Å². The van der Waals surface area contributed by atoms with E-state index in [0.717, 1.165) is 0 Å². The molecule has 0 unspecified atom stereocenters. The van der Waals surface area contributed by atoms with Gasteiger partial charge in [-0.25, -0.2) is 13.1 Å². The Labute approximate surface area is 119 Å². The molecule has 102 valence electrons. The van der Waals surface area contributed by atoms with Crippen LogP contribution >= 0.6 is 34.8 Å². The van der Waals surface area contributed by atoms with Gasteiger partial charge in [0, 0.05) is 5.02 Å². The Hall–Kier alpha value is -0.0800. The fraction of sp³-hybridized carbons (Fsp3) is 0.333. The number of halogens is 3. The van der Waals surface area contributed by atoms with Crippen molar-refractivity contribution in [1.82, 2.24) is 4.72 Å².